The van der Waals surface area contributed by atoms with Crippen molar-refractivity contribution in [1.82, 2.24) is 5.32 Å². The molecule has 9 heteroatoms. The maximum atomic E-state index is 13.1. The first kappa shape index (κ1) is 77.1. The second kappa shape index (κ2) is 61.2. The molecule has 0 bridgehead atoms. The highest BCUT2D eigenvalue weighted by Gasteiger charge is 2.44. The van der Waals surface area contributed by atoms with Gasteiger partial charge in [0.15, 0.2) is 6.29 Å². The smallest absolute Gasteiger partial charge is 0.220 e. The van der Waals surface area contributed by atoms with Crippen molar-refractivity contribution in [3.8, 4) is 0 Å². The Bertz CT molecular complexity index is 1820. The Kier molecular flexibility index (Phi) is 56.8. The molecule has 9 nitrogen and oxygen atoms in total. The van der Waals surface area contributed by atoms with Crippen molar-refractivity contribution < 1.29 is 39.8 Å². The Labute approximate surface area is 508 Å². The van der Waals surface area contributed by atoms with Gasteiger partial charge in [-0.2, -0.15) is 0 Å². The lowest BCUT2D eigenvalue weighted by Gasteiger charge is -2.40. The van der Waals surface area contributed by atoms with Crippen LogP contribution < -0.4 is 5.32 Å². The third-order valence-electron chi connectivity index (χ3n) is 14.9. The zero-order valence-corrected chi connectivity index (χ0v) is 52.6. The zero-order valence-electron chi connectivity index (χ0n) is 52.6. The fourth-order valence-electron chi connectivity index (χ4n) is 9.67. The van der Waals surface area contributed by atoms with E-state index in [0.717, 1.165) is 116 Å². The van der Waals surface area contributed by atoms with Crippen LogP contribution >= 0.6 is 0 Å². The van der Waals surface area contributed by atoms with Gasteiger partial charge in [-0.1, -0.05) is 288 Å². The molecular weight excluding hydrogens is 1030 g/mol. The van der Waals surface area contributed by atoms with Gasteiger partial charge in [0.1, 0.15) is 24.4 Å². The van der Waals surface area contributed by atoms with Gasteiger partial charge in [0, 0.05) is 6.42 Å². The van der Waals surface area contributed by atoms with E-state index in [4.69, 9.17) is 9.47 Å². The fourth-order valence-corrected chi connectivity index (χ4v) is 9.67. The van der Waals surface area contributed by atoms with E-state index in [1.165, 1.54) is 122 Å². The minimum atomic E-state index is -1.58. The maximum Gasteiger partial charge on any atom is 0.220 e. The highest BCUT2D eigenvalue weighted by Crippen LogP contribution is 2.23. The van der Waals surface area contributed by atoms with Gasteiger partial charge in [0.05, 0.1) is 25.4 Å². The summed E-state index contributed by atoms with van der Waals surface area (Å²) >= 11 is 0. The standard InChI is InChI=1S/C74H123NO8/c1-3-5-7-9-11-13-15-17-19-21-23-25-26-27-28-29-30-31-32-33-34-35-36-37-38-39-40-41-42-44-46-48-50-52-54-56-58-60-62-64-70(78)75-67(66-82-74-73(81)72(80)71(79)69(65-76)83-74)68(77)63-61-59-57-55-53-51-49-47-45-43-24-22-20-18-16-14-12-10-8-6-4-2/h5,7,11,13,17,19,23,25,27-28,30-31,33-34,36-37,39-40,42,44,53,55,61,63,67-69,71-74,76-77,79-81H,3-4,6,8-10,12,14-16,18,20-22,24,26,29,32,35,38,41,43,45-52,54,56-60,62,64-66H2,1-2H3,(H,75,78)/b7-5-,13-11-,19-17-,25-23-,28-27-,31-30-,34-33-,37-36-,40-39-,44-42-,55-53+,63-61+. The molecule has 1 rings (SSSR count). The number of unbranched alkanes of at least 4 members (excludes halogenated alkanes) is 24. The van der Waals surface area contributed by atoms with Crippen LogP contribution in [0.5, 0.6) is 0 Å². The molecule has 7 unspecified atom stereocenters. The number of carbonyl (C=O) groups is 1. The minimum absolute atomic E-state index is 0.200. The third kappa shape index (κ3) is 50.0. The lowest BCUT2D eigenvalue weighted by molar-refractivity contribution is -0.302. The second-order valence-electron chi connectivity index (χ2n) is 22.5. The SMILES string of the molecule is CC/C=C\C/C=C\C/C=C\C/C=C\C/C=C\C/C=C\C/C=C\C/C=C\C/C=C\C/C=C\CCCCCCCCCCC(=O)NC(COC1OC(CO)C(O)C(O)C1O)C(O)/C=C/CC/C=C/CCCCCCCCCCCCCCCCC. The molecule has 0 aromatic heterocycles. The van der Waals surface area contributed by atoms with E-state index in [-0.39, 0.29) is 12.5 Å². The average molecular weight is 1150 g/mol. The predicted molar refractivity (Wildman–Crippen MR) is 354 cm³/mol. The van der Waals surface area contributed by atoms with Crippen molar-refractivity contribution >= 4 is 5.91 Å². The predicted octanol–water partition coefficient (Wildman–Crippen LogP) is 18.2. The van der Waals surface area contributed by atoms with Crippen LogP contribution in [0.2, 0.25) is 0 Å². The summed E-state index contributed by atoms with van der Waals surface area (Å²) in [6, 6.07) is -0.838. The van der Waals surface area contributed by atoms with Crippen LogP contribution in [0.3, 0.4) is 0 Å². The zero-order chi connectivity index (χ0) is 60.0. The van der Waals surface area contributed by atoms with Gasteiger partial charge in [-0.05, 0) is 109 Å². The van der Waals surface area contributed by atoms with Gasteiger partial charge in [0.2, 0.25) is 5.91 Å². The summed E-state index contributed by atoms with van der Waals surface area (Å²) < 4.78 is 11.3. The Morgan fingerprint density at radius 1 is 0.422 bits per heavy atom. The summed E-state index contributed by atoms with van der Waals surface area (Å²) in [4.78, 5) is 13.1. The van der Waals surface area contributed by atoms with Gasteiger partial charge in [-0.15, -0.1) is 0 Å². The minimum Gasteiger partial charge on any atom is -0.394 e. The number of hydrogen-bond acceptors (Lipinski definition) is 8. The van der Waals surface area contributed by atoms with E-state index in [2.05, 4.69) is 153 Å². The quantitative estimate of drug-likeness (QED) is 0.0261. The molecule has 6 N–H and O–H groups in total. The number of rotatable bonds is 56. The van der Waals surface area contributed by atoms with Crippen molar-refractivity contribution in [2.45, 2.75) is 301 Å². The van der Waals surface area contributed by atoms with E-state index < -0.39 is 49.5 Å². The Morgan fingerprint density at radius 2 is 0.759 bits per heavy atom. The summed E-state index contributed by atoms with van der Waals surface area (Å²) in [6.45, 7) is 3.65. The van der Waals surface area contributed by atoms with Crippen LogP contribution in [0.1, 0.15) is 258 Å². The lowest BCUT2D eigenvalue weighted by Crippen LogP contribution is -2.60. The summed E-state index contributed by atoms with van der Waals surface area (Å²) in [5.41, 5.74) is 0. The maximum absolute atomic E-state index is 13.1. The molecule has 83 heavy (non-hydrogen) atoms. The van der Waals surface area contributed by atoms with Crippen LogP contribution in [-0.4, -0.2) is 87.5 Å². The Morgan fingerprint density at radius 3 is 1.16 bits per heavy atom. The molecule has 1 fully saturated rings. The molecular formula is C74H123NO8. The van der Waals surface area contributed by atoms with Crippen LogP contribution in [0.15, 0.2) is 146 Å². The van der Waals surface area contributed by atoms with Gasteiger partial charge < -0.3 is 40.3 Å². The Balaban J connectivity index is 2.19. The third-order valence-corrected chi connectivity index (χ3v) is 14.9. The van der Waals surface area contributed by atoms with Crippen LogP contribution in [0.4, 0.5) is 0 Å². The number of aliphatic hydroxyl groups excluding tert-OH is 5. The molecule has 0 saturated carbocycles. The summed E-state index contributed by atoms with van der Waals surface area (Å²) in [7, 11) is 0. The van der Waals surface area contributed by atoms with Crippen LogP contribution in [0, 0.1) is 0 Å². The Hall–Kier alpha value is -3.93. The van der Waals surface area contributed by atoms with E-state index in [0.29, 0.717) is 6.42 Å². The highest BCUT2D eigenvalue weighted by molar-refractivity contribution is 5.76. The number of ether oxygens (including phenoxy) is 2. The molecule has 1 saturated heterocycles. The lowest BCUT2D eigenvalue weighted by atomic mass is 9.99. The molecule has 0 radical (unpaired) electrons. The number of nitrogens with one attached hydrogen (secondary N) is 1. The monoisotopic (exact) mass is 1150 g/mol. The highest BCUT2D eigenvalue weighted by atomic mass is 16.7. The first-order chi connectivity index (χ1) is 40.8. The molecule has 7 atom stereocenters. The molecule has 1 aliphatic heterocycles. The largest absolute Gasteiger partial charge is 0.394 e. The van der Waals surface area contributed by atoms with Gasteiger partial charge in [0.25, 0.3) is 0 Å². The van der Waals surface area contributed by atoms with Crippen molar-refractivity contribution in [3.63, 3.8) is 0 Å². The first-order valence-corrected chi connectivity index (χ1v) is 33.6. The number of hydrogen-bond donors (Lipinski definition) is 6. The van der Waals surface area contributed by atoms with Crippen LogP contribution in [-0.2, 0) is 14.3 Å². The first-order valence-electron chi connectivity index (χ1n) is 33.6. The van der Waals surface area contributed by atoms with Gasteiger partial charge in [-0.3, -0.25) is 4.79 Å². The van der Waals surface area contributed by atoms with Crippen molar-refractivity contribution in [2.24, 2.45) is 0 Å². The molecule has 1 aliphatic rings. The van der Waals surface area contributed by atoms with Crippen molar-refractivity contribution in [3.05, 3.63) is 146 Å². The summed E-state index contributed by atoms with van der Waals surface area (Å²) in [6.07, 6.45) is 87.9. The van der Waals surface area contributed by atoms with Crippen molar-refractivity contribution in [1.29, 1.82) is 0 Å². The summed E-state index contributed by atoms with van der Waals surface area (Å²) in [5, 5.41) is 54.6. The second-order valence-corrected chi connectivity index (χ2v) is 22.5. The fraction of sp³-hybridized carbons (Fsp3) is 0.662. The molecule has 0 aliphatic carbocycles. The van der Waals surface area contributed by atoms with E-state index in [1.807, 2.05) is 6.08 Å². The molecule has 0 spiro atoms. The molecule has 1 amide bonds. The number of carbonyl (C=O) groups excluding carboxylic acids is 1. The molecule has 0 aromatic rings. The number of amides is 1. The van der Waals surface area contributed by atoms with Crippen molar-refractivity contribution in [2.75, 3.05) is 13.2 Å². The van der Waals surface area contributed by atoms with E-state index >= 15 is 0 Å². The van der Waals surface area contributed by atoms with E-state index in [9.17, 15) is 30.3 Å². The number of allylic oxidation sites excluding steroid dienone is 23. The van der Waals surface area contributed by atoms with Gasteiger partial charge in [-0.25, -0.2) is 0 Å². The number of aliphatic hydroxyl groups is 5. The molecule has 0 aromatic carbocycles. The van der Waals surface area contributed by atoms with E-state index in [1.54, 1.807) is 6.08 Å². The summed E-state index contributed by atoms with van der Waals surface area (Å²) in [5.74, 6) is -0.200. The average Bonchev–Trinajstić information content (AvgIpc) is 3.60. The van der Waals surface area contributed by atoms with Crippen LogP contribution in [0.25, 0.3) is 0 Å². The molecule has 472 valence electrons. The topological polar surface area (TPSA) is 149 Å². The normalized spacial score (nSPS) is 19.2. The molecule has 1 heterocycles. The van der Waals surface area contributed by atoms with Gasteiger partial charge >= 0.3 is 0 Å².